The van der Waals surface area contributed by atoms with E-state index in [9.17, 15) is 4.79 Å². The Labute approximate surface area is 136 Å². The number of nitrogens with zero attached hydrogens (tertiary/aromatic N) is 1. The van der Waals surface area contributed by atoms with E-state index in [0.29, 0.717) is 12.4 Å². The molecule has 2 aromatic rings. The van der Waals surface area contributed by atoms with E-state index in [4.69, 9.17) is 9.47 Å². The average Bonchev–Trinajstić information content (AvgIpc) is 2.59. The standard InChI is InChI=1S/C18H22N2O3/c1-3-11-22-16-6-8-17(9-7-16)23-13-18(21)20-14(2)15-5-4-10-19-12-15/h4-10,12,14H,3,11,13H2,1-2H3,(H,20,21). The number of carbonyl (C=O) groups excluding carboxylic acids is 1. The molecule has 0 aliphatic carbocycles. The Morgan fingerprint density at radius 1 is 1.17 bits per heavy atom. The molecule has 0 radical (unpaired) electrons. The Kier molecular flexibility index (Phi) is 6.41. The van der Waals surface area contributed by atoms with Gasteiger partial charge >= 0.3 is 0 Å². The third kappa shape index (κ3) is 5.62. The van der Waals surface area contributed by atoms with Gasteiger partial charge in [-0.2, -0.15) is 0 Å². The van der Waals surface area contributed by atoms with Crippen LogP contribution < -0.4 is 14.8 Å². The van der Waals surface area contributed by atoms with Crippen LogP contribution >= 0.6 is 0 Å². The maximum Gasteiger partial charge on any atom is 0.258 e. The minimum absolute atomic E-state index is 0.0280. The molecule has 1 unspecified atom stereocenters. The number of benzene rings is 1. The molecule has 5 heteroatoms. The van der Waals surface area contributed by atoms with Crippen LogP contribution in [0, 0.1) is 0 Å². The van der Waals surface area contributed by atoms with Crippen LogP contribution in [0.25, 0.3) is 0 Å². The molecule has 0 aliphatic rings. The number of hydrogen-bond acceptors (Lipinski definition) is 4. The molecule has 2 rings (SSSR count). The van der Waals surface area contributed by atoms with Crippen LogP contribution in [-0.2, 0) is 4.79 Å². The van der Waals surface area contributed by atoms with E-state index in [1.165, 1.54) is 0 Å². The van der Waals surface area contributed by atoms with Gasteiger partial charge in [0.2, 0.25) is 0 Å². The zero-order valence-electron chi connectivity index (χ0n) is 13.5. The topological polar surface area (TPSA) is 60.5 Å². The van der Waals surface area contributed by atoms with Gasteiger partial charge in [0.25, 0.3) is 5.91 Å². The van der Waals surface area contributed by atoms with Gasteiger partial charge in [-0.3, -0.25) is 9.78 Å². The maximum atomic E-state index is 11.9. The van der Waals surface area contributed by atoms with Crippen molar-refractivity contribution in [3.05, 3.63) is 54.4 Å². The average molecular weight is 314 g/mol. The van der Waals surface area contributed by atoms with Gasteiger partial charge in [-0.05, 0) is 49.2 Å². The van der Waals surface area contributed by atoms with Crippen molar-refractivity contribution < 1.29 is 14.3 Å². The molecule has 0 saturated carbocycles. The fourth-order valence-electron chi connectivity index (χ4n) is 2.00. The molecule has 0 fully saturated rings. The second-order valence-corrected chi connectivity index (χ2v) is 5.18. The molecular formula is C18H22N2O3. The molecule has 1 atom stereocenters. The highest BCUT2D eigenvalue weighted by atomic mass is 16.5. The first kappa shape index (κ1) is 16.8. The zero-order chi connectivity index (χ0) is 16.5. The Bertz CT molecular complexity index is 599. The predicted octanol–water partition coefficient (Wildman–Crippen LogP) is 3.13. The molecule has 1 heterocycles. The van der Waals surface area contributed by atoms with Gasteiger partial charge in [-0.1, -0.05) is 13.0 Å². The molecule has 0 aliphatic heterocycles. The Balaban J connectivity index is 1.77. The van der Waals surface area contributed by atoms with Gasteiger partial charge in [0.15, 0.2) is 6.61 Å². The second kappa shape index (κ2) is 8.78. The number of nitrogens with one attached hydrogen (secondary N) is 1. The summed E-state index contributed by atoms with van der Waals surface area (Å²) < 4.78 is 11.0. The highest BCUT2D eigenvalue weighted by molar-refractivity contribution is 5.78. The lowest BCUT2D eigenvalue weighted by Crippen LogP contribution is -2.31. The normalized spacial score (nSPS) is 11.6. The van der Waals surface area contributed by atoms with E-state index in [1.54, 1.807) is 24.5 Å². The smallest absolute Gasteiger partial charge is 0.258 e. The van der Waals surface area contributed by atoms with E-state index in [-0.39, 0.29) is 18.6 Å². The summed E-state index contributed by atoms with van der Waals surface area (Å²) in [6, 6.07) is 10.9. The van der Waals surface area contributed by atoms with E-state index in [0.717, 1.165) is 17.7 Å². The summed E-state index contributed by atoms with van der Waals surface area (Å²) in [6.07, 6.45) is 4.41. The zero-order valence-corrected chi connectivity index (χ0v) is 13.5. The maximum absolute atomic E-state index is 11.9. The Morgan fingerprint density at radius 2 is 1.87 bits per heavy atom. The van der Waals surface area contributed by atoms with Crippen molar-refractivity contribution in [1.29, 1.82) is 0 Å². The van der Waals surface area contributed by atoms with E-state index >= 15 is 0 Å². The van der Waals surface area contributed by atoms with Crippen molar-refractivity contribution in [3.63, 3.8) is 0 Å². The first-order chi connectivity index (χ1) is 11.2. The quantitative estimate of drug-likeness (QED) is 0.813. The lowest BCUT2D eigenvalue weighted by molar-refractivity contribution is -0.123. The number of amides is 1. The molecule has 0 bridgehead atoms. The molecular weight excluding hydrogens is 292 g/mol. The van der Waals surface area contributed by atoms with Crippen LogP contribution in [-0.4, -0.2) is 24.1 Å². The van der Waals surface area contributed by atoms with Crippen molar-refractivity contribution in [2.24, 2.45) is 0 Å². The van der Waals surface area contributed by atoms with E-state index < -0.39 is 0 Å². The van der Waals surface area contributed by atoms with Gasteiger partial charge in [-0.15, -0.1) is 0 Å². The molecule has 1 N–H and O–H groups in total. The van der Waals surface area contributed by atoms with Crippen molar-refractivity contribution >= 4 is 5.91 Å². The predicted molar refractivity (Wildman–Crippen MR) is 88.5 cm³/mol. The van der Waals surface area contributed by atoms with Crippen LogP contribution in [0.5, 0.6) is 11.5 Å². The fourth-order valence-corrected chi connectivity index (χ4v) is 2.00. The first-order valence-corrected chi connectivity index (χ1v) is 7.74. The highest BCUT2D eigenvalue weighted by Gasteiger charge is 2.10. The van der Waals surface area contributed by atoms with Crippen LogP contribution in [0.3, 0.4) is 0 Å². The van der Waals surface area contributed by atoms with Crippen molar-refractivity contribution in [1.82, 2.24) is 10.3 Å². The minimum atomic E-state index is -0.173. The van der Waals surface area contributed by atoms with Crippen molar-refractivity contribution in [2.45, 2.75) is 26.3 Å². The summed E-state index contributed by atoms with van der Waals surface area (Å²) in [5, 5.41) is 2.88. The van der Waals surface area contributed by atoms with Crippen LogP contribution in [0.2, 0.25) is 0 Å². The number of hydrogen-bond donors (Lipinski definition) is 1. The lowest BCUT2D eigenvalue weighted by atomic mass is 10.1. The van der Waals surface area contributed by atoms with Crippen molar-refractivity contribution in [3.8, 4) is 11.5 Å². The van der Waals surface area contributed by atoms with Crippen LogP contribution in [0.1, 0.15) is 31.9 Å². The summed E-state index contributed by atoms with van der Waals surface area (Å²) in [5.74, 6) is 1.26. The summed E-state index contributed by atoms with van der Waals surface area (Å²) in [4.78, 5) is 16.0. The summed E-state index contributed by atoms with van der Waals surface area (Å²) in [7, 11) is 0. The Hall–Kier alpha value is -2.56. The van der Waals surface area contributed by atoms with Gasteiger partial charge in [0.1, 0.15) is 11.5 Å². The number of aromatic nitrogens is 1. The van der Waals surface area contributed by atoms with Gasteiger partial charge < -0.3 is 14.8 Å². The van der Waals surface area contributed by atoms with Crippen LogP contribution in [0.15, 0.2) is 48.8 Å². The molecule has 23 heavy (non-hydrogen) atoms. The molecule has 1 amide bonds. The minimum Gasteiger partial charge on any atom is -0.494 e. The fraction of sp³-hybridized carbons (Fsp3) is 0.333. The third-order valence-corrected chi connectivity index (χ3v) is 3.23. The van der Waals surface area contributed by atoms with E-state index in [1.807, 2.05) is 31.2 Å². The number of ether oxygens (including phenoxy) is 2. The Morgan fingerprint density at radius 3 is 2.48 bits per heavy atom. The molecule has 1 aromatic carbocycles. The molecule has 5 nitrogen and oxygen atoms in total. The third-order valence-electron chi connectivity index (χ3n) is 3.23. The molecule has 122 valence electrons. The SMILES string of the molecule is CCCOc1ccc(OCC(=O)NC(C)c2cccnc2)cc1. The summed E-state index contributed by atoms with van der Waals surface area (Å²) in [5.41, 5.74) is 0.957. The second-order valence-electron chi connectivity index (χ2n) is 5.18. The van der Waals surface area contributed by atoms with Gasteiger partial charge in [0.05, 0.1) is 12.6 Å². The molecule has 0 saturated heterocycles. The van der Waals surface area contributed by atoms with Gasteiger partial charge in [0, 0.05) is 12.4 Å². The van der Waals surface area contributed by atoms with Crippen LogP contribution in [0.4, 0.5) is 0 Å². The monoisotopic (exact) mass is 314 g/mol. The van der Waals surface area contributed by atoms with Gasteiger partial charge in [-0.25, -0.2) is 0 Å². The molecule has 1 aromatic heterocycles. The number of carbonyl (C=O) groups is 1. The summed E-state index contributed by atoms with van der Waals surface area (Å²) in [6.45, 7) is 4.63. The first-order valence-electron chi connectivity index (χ1n) is 7.74. The number of pyridine rings is 1. The highest BCUT2D eigenvalue weighted by Crippen LogP contribution is 2.17. The molecule has 0 spiro atoms. The summed E-state index contributed by atoms with van der Waals surface area (Å²) >= 11 is 0. The largest absolute Gasteiger partial charge is 0.494 e. The van der Waals surface area contributed by atoms with Crippen molar-refractivity contribution in [2.75, 3.05) is 13.2 Å². The lowest BCUT2D eigenvalue weighted by Gasteiger charge is -2.14. The number of rotatable bonds is 8. The van der Waals surface area contributed by atoms with E-state index in [2.05, 4.69) is 17.2 Å².